The average Bonchev–Trinajstić information content (AvgIpc) is 2.71. The van der Waals surface area contributed by atoms with E-state index in [4.69, 9.17) is 9.29 Å². The second kappa shape index (κ2) is 8.67. The molecule has 0 aliphatic carbocycles. The summed E-state index contributed by atoms with van der Waals surface area (Å²) in [7, 11) is -6.07. The quantitative estimate of drug-likeness (QED) is 0.307. The summed E-state index contributed by atoms with van der Waals surface area (Å²) in [6.07, 6.45) is -2.30. The summed E-state index contributed by atoms with van der Waals surface area (Å²) in [6.45, 7) is 5.03. The van der Waals surface area contributed by atoms with Gasteiger partial charge in [-0.2, -0.15) is 17.2 Å². The highest BCUT2D eigenvalue weighted by Gasteiger charge is 2.56. The van der Waals surface area contributed by atoms with Crippen molar-refractivity contribution in [3.8, 4) is 5.75 Å². The van der Waals surface area contributed by atoms with Crippen LogP contribution in [0.2, 0.25) is 0 Å². The molecule has 0 aromatic heterocycles. The molecule has 0 saturated heterocycles. The lowest BCUT2D eigenvalue weighted by atomic mass is 10.2. The molecule has 156 valence electrons. The van der Waals surface area contributed by atoms with Gasteiger partial charge in [0.05, 0.1) is 10.9 Å². The molecule has 2 unspecified atom stereocenters. The van der Waals surface area contributed by atoms with E-state index in [2.05, 4.69) is 19.1 Å². The maximum atomic E-state index is 13.7. The SMILES string of the molecule is [CH2+]C(Oc1ccc([S+](c2ccccc2)c2ccc(C)cc2)cc1)C(F)(F)S(=O)(=O)O. The minimum absolute atomic E-state index is 0.0163. The van der Waals surface area contributed by atoms with Crippen molar-refractivity contribution < 1.29 is 26.5 Å². The Hall–Kier alpha value is -2.55. The Bertz CT molecular complexity index is 1080. The fourth-order valence-electron chi connectivity index (χ4n) is 2.69. The van der Waals surface area contributed by atoms with E-state index in [1.165, 1.54) is 12.1 Å². The van der Waals surface area contributed by atoms with E-state index in [1.54, 1.807) is 12.1 Å². The van der Waals surface area contributed by atoms with Crippen LogP contribution in [0.4, 0.5) is 8.78 Å². The van der Waals surface area contributed by atoms with Crippen molar-refractivity contribution in [2.75, 3.05) is 0 Å². The van der Waals surface area contributed by atoms with Crippen molar-refractivity contribution in [3.63, 3.8) is 0 Å². The van der Waals surface area contributed by atoms with Gasteiger partial charge in [-0.15, -0.1) is 0 Å². The third-order valence-corrected chi connectivity index (χ3v) is 7.47. The Morgan fingerprint density at radius 1 is 0.900 bits per heavy atom. The standard InChI is InChI=1S/C22H19F2O4S2/c1-16-8-12-20(13-9-16)29(19-6-4-3-5-7-19)21-14-10-18(11-15-21)28-17(2)22(23,24)30(25,26)27/h3-15,17H,2H2,1H3/q+1/p+1. The van der Waals surface area contributed by atoms with Crippen LogP contribution in [0.1, 0.15) is 5.56 Å². The van der Waals surface area contributed by atoms with Crippen LogP contribution in [0.15, 0.2) is 93.5 Å². The molecule has 0 radical (unpaired) electrons. The van der Waals surface area contributed by atoms with Crippen LogP contribution in [-0.4, -0.2) is 24.3 Å². The van der Waals surface area contributed by atoms with Gasteiger partial charge in [0.15, 0.2) is 14.7 Å². The van der Waals surface area contributed by atoms with Gasteiger partial charge < -0.3 is 4.74 Å². The minimum atomic E-state index is -5.64. The van der Waals surface area contributed by atoms with Crippen LogP contribution in [0, 0.1) is 13.8 Å². The number of ether oxygens (including phenoxy) is 1. The Labute approximate surface area is 177 Å². The van der Waals surface area contributed by atoms with Crippen LogP contribution in [-0.2, 0) is 21.0 Å². The smallest absolute Gasteiger partial charge is 0.444 e. The van der Waals surface area contributed by atoms with E-state index in [0.717, 1.165) is 20.2 Å². The molecule has 0 aliphatic heterocycles. The number of benzene rings is 3. The monoisotopic (exact) mass is 450 g/mol. The molecule has 8 heteroatoms. The highest BCUT2D eigenvalue weighted by atomic mass is 32.2. The molecule has 3 aromatic carbocycles. The maximum absolute atomic E-state index is 13.7. The summed E-state index contributed by atoms with van der Waals surface area (Å²) in [4.78, 5) is 3.11. The summed E-state index contributed by atoms with van der Waals surface area (Å²) in [5, 5.41) is -4.53. The molecule has 0 bridgehead atoms. The van der Waals surface area contributed by atoms with E-state index < -0.39 is 32.4 Å². The number of rotatable bonds is 7. The predicted molar refractivity (Wildman–Crippen MR) is 112 cm³/mol. The van der Waals surface area contributed by atoms with Gasteiger partial charge in [-0.05, 0) is 55.5 Å². The number of halogens is 2. The summed E-state index contributed by atoms with van der Waals surface area (Å²) < 4.78 is 62.7. The summed E-state index contributed by atoms with van der Waals surface area (Å²) in [5.41, 5.74) is 1.14. The van der Waals surface area contributed by atoms with Gasteiger partial charge in [0, 0.05) is 0 Å². The fourth-order valence-corrected chi connectivity index (χ4v) is 5.14. The first kappa shape index (κ1) is 22.1. The van der Waals surface area contributed by atoms with Crippen molar-refractivity contribution in [1.29, 1.82) is 0 Å². The minimum Gasteiger partial charge on any atom is -0.444 e. The molecule has 3 aromatic rings. The molecule has 0 spiro atoms. The van der Waals surface area contributed by atoms with Gasteiger partial charge in [-0.25, -0.2) is 0 Å². The van der Waals surface area contributed by atoms with Crippen molar-refractivity contribution in [3.05, 3.63) is 91.3 Å². The van der Waals surface area contributed by atoms with Crippen LogP contribution in [0.3, 0.4) is 0 Å². The number of aryl methyl sites for hydroxylation is 1. The largest absolute Gasteiger partial charge is 0.448 e. The first-order valence-corrected chi connectivity index (χ1v) is 11.6. The molecule has 30 heavy (non-hydrogen) atoms. The highest BCUT2D eigenvalue weighted by molar-refractivity contribution is 7.97. The van der Waals surface area contributed by atoms with Crippen LogP contribution in [0.25, 0.3) is 0 Å². The van der Waals surface area contributed by atoms with Crippen molar-refractivity contribution >= 4 is 21.0 Å². The van der Waals surface area contributed by atoms with Crippen molar-refractivity contribution in [1.82, 2.24) is 0 Å². The fraction of sp³-hybridized carbons (Fsp3) is 0.136. The van der Waals surface area contributed by atoms with Gasteiger partial charge in [0.25, 0.3) is 0 Å². The molecule has 3 rings (SSSR count). The van der Waals surface area contributed by atoms with Crippen LogP contribution >= 0.6 is 0 Å². The number of alkyl halides is 2. The van der Waals surface area contributed by atoms with Crippen molar-refractivity contribution in [2.24, 2.45) is 0 Å². The first-order valence-electron chi connectivity index (χ1n) is 8.90. The molecule has 0 amide bonds. The number of hydrogen-bond acceptors (Lipinski definition) is 3. The van der Waals surface area contributed by atoms with Crippen LogP contribution in [0.5, 0.6) is 5.75 Å². The Morgan fingerprint density at radius 2 is 1.37 bits per heavy atom. The van der Waals surface area contributed by atoms with Gasteiger partial charge in [-0.3, -0.25) is 4.55 Å². The molecular weight excluding hydrogens is 430 g/mol. The van der Waals surface area contributed by atoms with Crippen LogP contribution < -0.4 is 4.74 Å². The third kappa shape index (κ3) is 4.77. The normalized spacial score (nSPS) is 14.1. The molecular formula is C22H20F2O4S2+2. The van der Waals surface area contributed by atoms with Gasteiger partial charge in [0.1, 0.15) is 12.7 Å². The van der Waals surface area contributed by atoms with E-state index in [-0.39, 0.29) is 5.75 Å². The van der Waals surface area contributed by atoms with E-state index >= 15 is 0 Å². The highest BCUT2D eigenvalue weighted by Crippen LogP contribution is 2.33. The molecule has 4 nitrogen and oxygen atoms in total. The maximum Gasteiger partial charge on any atom is 0.448 e. The lowest BCUT2D eigenvalue weighted by molar-refractivity contribution is -0.0108. The summed E-state index contributed by atoms with van der Waals surface area (Å²) >= 11 is 0. The lowest BCUT2D eigenvalue weighted by Crippen LogP contribution is -2.42. The Kier molecular flexibility index (Phi) is 6.40. The zero-order chi connectivity index (χ0) is 21.9. The van der Waals surface area contributed by atoms with Crippen molar-refractivity contribution in [2.45, 2.75) is 33.0 Å². The lowest BCUT2D eigenvalue weighted by Gasteiger charge is -2.17. The molecule has 0 fully saturated rings. The summed E-state index contributed by atoms with van der Waals surface area (Å²) in [6, 6.07) is 24.5. The van der Waals surface area contributed by atoms with Gasteiger partial charge in [0.2, 0.25) is 0 Å². The summed E-state index contributed by atoms with van der Waals surface area (Å²) in [5.74, 6) is 0.0163. The Morgan fingerprint density at radius 3 is 1.87 bits per heavy atom. The zero-order valence-corrected chi connectivity index (χ0v) is 17.7. The number of hydrogen-bond donors (Lipinski definition) is 1. The van der Waals surface area contributed by atoms with Gasteiger partial charge >= 0.3 is 21.5 Å². The second-order valence-electron chi connectivity index (χ2n) is 6.55. The topological polar surface area (TPSA) is 63.6 Å². The zero-order valence-electron chi connectivity index (χ0n) is 16.0. The average molecular weight is 451 g/mol. The van der Waals surface area contributed by atoms with E-state index in [1.807, 2.05) is 49.4 Å². The third-order valence-electron chi connectivity index (χ3n) is 4.29. The molecule has 0 saturated carbocycles. The predicted octanol–water partition coefficient (Wildman–Crippen LogP) is 5.15. The Balaban J connectivity index is 1.91. The molecule has 2 atom stereocenters. The second-order valence-corrected chi connectivity index (χ2v) is 10.1. The first-order chi connectivity index (χ1) is 14.1. The molecule has 0 aliphatic rings. The van der Waals surface area contributed by atoms with E-state index in [0.29, 0.717) is 0 Å². The molecule has 1 N–H and O–H groups in total. The van der Waals surface area contributed by atoms with E-state index in [9.17, 15) is 17.2 Å². The molecule has 0 heterocycles. The van der Waals surface area contributed by atoms with Gasteiger partial charge in [-0.1, -0.05) is 35.9 Å².